The highest BCUT2D eigenvalue weighted by Crippen LogP contribution is 2.29. The standard InChI is InChI=1S/C22H32N4/c1-16(2)15-25(6)19(5)23-13-12-20-8-10-21(11-9-20)22-17(3)14-24-26(7)18(22)4/h8-11,14,16,23H,4-5,12-13,15H2,1-3,6-7H3. The van der Waals surface area contributed by atoms with Gasteiger partial charge in [0.25, 0.3) is 0 Å². The first-order chi connectivity index (χ1) is 12.3. The minimum atomic E-state index is 0.627. The van der Waals surface area contributed by atoms with Crippen LogP contribution in [0.2, 0.25) is 0 Å². The second-order valence-electron chi connectivity index (χ2n) is 7.37. The summed E-state index contributed by atoms with van der Waals surface area (Å²) >= 11 is 0. The summed E-state index contributed by atoms with van der Waals surface area (Å²) in [7, 11) is 4.01. The molecule has 26 heavy (non-hydrogen) atoms. The summed E-state index contributed by atoms with van der Waals surface area (Å²) in [6.07, 6.45) is 2.86. The zero-order chi connectivity index (χ0) is 19.3. The van der Waals surface area contributed by atoms with Crippen molar-refractivity contribution < 1.29 is 0 Å². The van der Waals surface area contributed by atoms with Gasteiger partial charge in [-0.05, 0) is 36.0 Å². The molecule has 1 heterocycles. The second kappa shape index (κ2) is 8.75. The molecule has 0 radical (unpaired) electrons. The molecule has 0 amide bonds. The summed E-state index contributed by atoms with van der Waals surface area (Å²) < 4.78 is 0. The van der Waals surface area contributed by atoms with E-state index in [1.165, 1.54) is 11.1 Å². The van der Waals surface area contributed by atoms with Gasteiger partial charge in [-0.15, -0.1) is 0 Å². The van der Waals surface area contributed by atoms with E-state index in [9.17, 15) is 0 Å². The van der Waals surface area contributed by atoms with Crippen molar-refractivity contribution in [3.05, 3.63) is 65.6 Å². The van der Waals surface area contributed by atoms with E-state index >= 15 is 0 Å². The molecule has 140 valence electrons. The van der Waals surface area contributed by atoms with Crippen molar-refractivity contribution >= 4 is 11.8 Å². The van der Waals surface area contributed by atoms with Crippen LogP contribution in [0.3, 0.4) is 0 Å². The monoisotopic (exact) mass is 352 g/mol. The molecule has 0 saturated carbocycles. The van der Waals surface area contributed by atoms with Crippen LogP contribution in [0.5, 0.6) is 0 Å². The number of nitrogens with zero attached hydrogens (tertiary/aromatic N) is 3. The Hall–Kier alpha value is -2.49. The fourth-order valence-electron chi connectivity index (χ4n) is 3.07. The summed E-state index contributed by atoms with van der Waals surface area (Å²) in [6, 6.07) is 8.73. The van der Waals surface area contributed by atoms with E-state index in [-0.39, 0.29) is 0 Å². The van der Waals surface area contributed by atoms with Crippen molar-refractivity contribution in [3.63, 3.8) is 0 Å². The first-order valence-corrected chi connectivity index (χ1v) is 9.20. The predicted octanol–water partition coefficient (Wildman–Crippen LogP) is 4.10. The Morgan fingerprint density at radius 2 is 1.92 bits per heavy atom. The molecule has 4 nitrogen and oxygen atoms in total. The van der Waals surface area contributed by atoms with Gasteiger partial charge >= 0.3 is 0 Å². The summed E-state index contributed by atoms with van der Waals surface area (Å²) in [5.41, 5.74) is 5.73. The Bertz CT molecular complexity index is 710. The first-order valence-electron chi connectivity index (χ1n) is 9.20. The molecule has 2 rings (SSSR count). The fourth-order valence-corrected chi connectivity index (χ4v) is 3.07. The maximum absolute atomic E-state index is 4.30. The van der Waals surface area contributed by atoms with Gasteiger partial charge in [-0.3, -0.25) is 5.01 Å². The lowest BCUT2D eigenvalue weighted by molar-refractivity contribution is 0.339. The van der Waals surface area contributed by atoms with Crippen molar-refractivity contribution in [1.29, 1.82) is 0 Å². The van der Waals surface area contributed by atoms with Crippen molar-refractivity contribution in [1.82, 2.24) is 15.2 Å². The Morgan fingerprint density at radius 1 is 1.27 bits per heavy atom. The molecule has 4 heteroatoms. The van der Waals surface area contributed by atoms with Gasteiger partial charge in [0.1, 0.15) is 0 Å². The van der Waals surface area contributed by atoms with E-state index in [2.05, 4.69) is 80.6 Å². The normalized spacial score (nSPS) is 14.2. The predicted molar refractivity (Wildman–Crippen MR) is 113 cm³/mol. The van der Waals surface area contributed by atoms with E-state index < -0.39 is 0 Å². The number of allylic oxidation sites excluding steroid dienone is 2. The number of hydrazone groups is 1. The molecular formula is C22H32N4. The van der Waals surface area contributed by atoms with Gasteiger partial charge in [0.2, 0.25) is 0 Å². The number of hydrogen-bond donors (Lipinski definition) is 1. The third-order valence-electron chi connectivity index (χ3n) is 4.58. The third-order valence-corrected chi connectivity index (χ3v) is 4.58. The molecule has 1 aromatic carbocycles. The van der Waals surface area contributed by atoms with Crippen molar-refractivity contribution in [2.75, 3.05) is 27.2 Å². The molecular weight excluding hydrogens is 320 g/mol. The molecule has 1 aliphatic heterocycles. The maximum atomic E-state index is 4.30. The minimum absolute atomic E-state index is 0.627. The Kier molecular flexibility index (Phi) is 6.67. The van der Waals surface area contributed by atoms with Gasteiger partial charge in [0.05, 0.1) is 17.7 Å². The van der Waals surface area contributed by atoms with Gasteiger partial charge in [0, 0.05) is 32.8 Å². The highest BCUT2D eigenvalue weighted by molar-refractivity contribution is 5.97. The molecule has 1 N–H and O–H groups in total. The SMILES string of the molecule is C=C(NCCc1ccc(C2=C(C)C=NN(C)C2=C)cc1)N(C)CC(C)C. The lowest BCUT2D eigenvalue weighted by atomic mass is 9.96. The van der Waals surface area contributed by atoms with Crippen LogP contribution in [0.1, 0.15) is 31.9 Å². The van der Waals surface area contributed by atoms with Gasteiger partial charge in [-0.2, -0.15) is 5.10 Å². The maximum Gasteiger partial charge on any atom is 0.0936 e. The number of hydrogen-bond acceptors (Lipinski definition) is 4. The smallest absolute Gasteiger partial charge is 0.0936 e. The van der Waals surface area contributed by atoms with E-state index in [1.54, 1.807) is 0 Å². The molecule has 0 fully saturated rings. The van der Waals surface area contributed by atoms with E-state index in [4.69, 9.17) is 0 Å². The molecule has 0 atom stereocenters. The second-order valence-corrected chi connectivity index (χ2v) is 7.37. The lowest BCUT2D eigenvalue weighted by Gasteiger charge is -2.25. The first kappa shape index (κ1) is 19.8. The summed E-state index contributed by atoms with van der Waals surface area (Å²) in [5, 5.41) is 9.54. The van der Waals surface area contributed by atoms with Crippen LogP contribution in [0.25, 0.3) is 5.57 Å². The fraction of sp³-hybridized carbons (Fsp3) is 0.409. The number of nitrogens with one attached hydrogen (secondary N) is 1. The molecule has 0 unspecified atom stereocenters. The average molecular weight is 353 g/mol. The largest absolute Gasteiger partial charge is 0.372 e. The molecule has 0 aliphatic carbocycles. The van der Waals surface area contributed by atoms with Crippen LogP contribution < -0.4 is 5.32 Å². The van der Waals surface area contributed by atoms with Crippen molar-refractivity contribution in [2.45, 2.75) is 27.2 Å². The summed E-state index contributed by atoms with van der Waals surface area (Å²) in [5.74, 6) is 1.61. The van der Waals surface area contributed by atoms with Gasteiger partial charge in [0.15, 0.2) is 0 Å². The van der Waals surface area contributed by atoms with Crippen LogP contribution in [-0.2, 0) is 6.42 Å². The van der Waals surface area contributed by atoms with Crippen LogP contribution >= 0.6 is 0 Å². The van der Waals surface area contributed by atoms with Crippen LogP contribution in [-0.4, -0.2) is 43.3 Å². The van der Waals surface area contributed by atoms with Gasteiger partial charge in [-0.1, -0.05) is 51.3 Å². The molecule has 1 aliphatic rings. The van der Waals surface area contributed by atoms with Gasteiger partial charge in [-0.25, -0.2) is 0 Å². The summed E-state index contributed by atoms with van der Waals surface area (Å²) in [4.78, 5) is 2.18. The van der Waals surface area contributed by atoms with E-state index in [1.807, 2.05) is 18.3 Å². The van der Waals surface area contributed by atoms with Gasteiger partial charge < -0.3 is 10.2 Å². The quantitative estimate of drug-likeness (QED) is 0.764. The van der Waals surface area contributed by atoms with Crippen molar-refractivity contribution in [3.8, 4) is 0 Å². The van der Waals surface area contributed by atoms with E-state index in [0.717, 1.165) is 42.2 Å². The Balaban J connectivity index is 1.93. The zero-order valence-electron chi connectivity index (χ0n) is 16.8. The highest BCUT2D eigenvalue weighted by atomic mass is 15.4. The molecule has 0 spiro atoms. The van der Waals surface area contributed by atoms with Crippen LogP contribution in [0, 0.1) is 5.92 Å². The van der Waals surface area contributed by atoms with Crippen LogP contribution in [0.4, 0.5) is 0 Å². The van der Waals surface area contributed by atoms with E-state index in [0.29, 0.717) is 5.92 Å². The average Bonchev–Trinajstić information content (AvgIpc) is 2.59. The number of benzene rings is 1. The number of rotatable bonds is 8. The minimum Gasteiger partial charge on any atom is -0.372 e. The number of likely N-dealkylation sites (N-methyl/N-ethyl adjacent to an activating group) is 1. The summed E-state index contributed by atoms with van der Waals surface area (Å²) in [6.45, 7) is 16.7. The molecule has 0 bridgehead atoms. The van der Waals surface area contributed by atoms with Crippen molar-refractivity contribution in [2.24, 2.45) is 11.0 Å². The Morgan fingerprint density at radius 3 is 2.54 bits per heavy atom. The Labute approximate surface area is 158 Å². The third kappa shape index (κ3) is 5.01. The molecule has 0 aromatic heterocycles. The topological polar surface area (TPSA) is 30.9 Å². The zero-order valence-corrected chi connectivity index (χ0v) is 16.8. The van der Waals surface area contributed by atoms with Crippen LogP contribution in [0.15, 0.2) is 59.6 Å². The highest BCUT2D eigenvalue weighted by Gasteiger charge is 2.16. The molecule has 0 saturated heterocycles. The lowest BCUT2D eigenvalue weighted by Crippen LogP contribution is -2.31. The molecule has 1 aromatic rings.